The molecule has 0 aliphatic carbocycles. The number of carbonyl (C=O) groups is 1. The molecule has 0 aliphatic heterocycles. The summed E-state index contributed by atoms with van der Waals surface area (Å²) in [6.45, 7) is 5.57. The van der Waals surface area contributed by atoms with E-state index in [1.807, 2.05) is 39.1 Å². The molecule has 5 nitrogen and oxygen atoms in total. The Balaban J connectivity index is 2.38. The summed E-state index contributed by atoms with van der Waals surface area (Å²) in [4.78, 5) is 11.8. The average Bonchev–Trinajstić information content (AvgIpc) is 2.65. The van der Waals surface area contributed by atoms with Gasteiger partial charge in [0, 0.05) is 11.9 Å². The fraction of sp³-hybridized carbons (Fsp3) is 0.429. The molecule has 0 radical (unpaired) electrons. The molecule has 0 amide bonds. The summed E-state index contributed by atoms with van der Waals surface area (Å²) in [5, 5.41) is 13.7. The van der Waals surface area contributed by atoms with Crippen LogP contribution in [0.4, 0.5) is 0 Å². The lowest BCUT2D eigenvalue weighted by Crippen LogP contribution is -2.10. The van der Waals surface area contributed by atoms with Gasteiger partial charge >= 0.3 is 5.97 Å². The molecule has 1 aromatic heterocycles. The number of hydrogen-bond acceptors (Lipinski definition) is 4. The fourth-order valence-corrected chi connectivity index (χ4v) is 2.69. The van der Waals surface area contributed by atoms with Crippen LogP contribution in [0.15, 0.2) is 23.1 Å². The topological polar surface area (TPSA) is 64.4 Å². The number of ether oxygens (including phenoxy) is 1. The van der Waals surface area contributed by atoms with Crippen molar-refractivity contribution in [2.45, 2.75) is 37.0 Å². The normalized spacial score (nSPS) is 12.8. The predicted octanol–water partition coefficient (Wildman–Crippen LogP) is 2.93. The first-order valence-corrected chi connectivity index (χ1v) is 7.29. The van der Waals surface area contributed by atoms with Gasteiger partial charge in [-0.1, -0.05) is 0 Å². The molecule has 2 aromatic rings. The summed E-state index contributed by atoms with van der Waals surface area (Å²) in [5.41, 5.74) is 0.966. The third-order valence-corrected chi connectivity index (χ3v) is 3.88. The van der Waals surface area contributed by atoms with E-state index in [1.54, 1.807) is 11.6 Å². The van der Waals surface area contributed by atoms with Crippen LogP contribution >= 0.6 is 11.8 Å². The Labute approximate surface area is 121 Å². The fourth-order valence-electron chi connectivity index (χ4n) is 1.85. The molecule has 1 heterocycles. The lowest BCUT2D eigenvalue weighted by atomic mass is 10.2. The van der Waals surface area contributed by atoms with Gasteiger partial charge in [-0.3, -0.25) is 9.48 Å². The van der Waals surface area contributed by atoms with Gasteiger partial charge in [-0.15, -0.1) is 16.9 Å². The summed E-state index contributed by atoms with van der Waals surface area (Å²) in [6, 6.07) is 5.78. The largest absolute Gasteiger partial charge is 0.480 e. The third-order valence-electron chi connectivity index (χ3n) is 2.80. The molecule has 108 valence electrons. The Morgan fingerprint density at radius 1 is 1.40 bits per heavy atom. The highest BCUT2D eigenvalue weighted by atomic mass is 32.2. The van der Waals surface area contributed by atoms with E-state index in [4.69, 9.17) is 9.84 Å². The van der Waals surface area contributed by atoms with Crippen molar-refractivity contribution >= 4 is 28.6 Å². The quantitative estimate of drug-likeness (QED) is 0.859. The Kier molecular flexibility index (Phi) is 4.23. The van der Waals surface area contributed by atoms with E-state index in [0.717, 1.165) is 15.8 Å². The first-order valence-electron chi connectivity index (χ1n) is 6.41. The molecular weight excluding hydrogens is 276 g/mol. The van der Waals surface area contributed by atoms with Gasteiger partial charge in [0.1, 0.15) is 5.25 Å². The lowest BCUT2D eigenvalue weighted by molar-refractivity contribution is -0.136. The second-order valence-electron chi connectivity index (χ2n) is 4.87. The number of carboxylic acid groups (broad SMARTS) is 1. The van der Waals surface area contributed by atoms with E-state index in [0.29, 0.717) is 5.88 Å². The molecule has 2 rings (SSSR count). The van der Waals surface area contributed by atoms with Crippen molar-refractivity contribution in [2.75, 3.05) is 0 Å². The number of benzene rings is 1. The zero-order valence-electron chi connectivity index (χ0n) is 12.0. The third kappa shape index (κ3) is 3.07. The van der Waals surface area contributed by atoms with Gasteiger partial charge in [0.15, 0.2) is 0 Å². The van der Waals surface area contributed by atoms with Gasteiger partial charge < -0.3 is 9.84 Å². The lowest BCUT2D eigenvalue weighted by Gasteiger charge is -2.08. The Bertz CT molecular complexity index is 637. The molecule has 0 unspecified atom stereocenters. The molecule has 1 aromatic carbocycles. The van der Waals surface area contributed by atoms with Crippen molar-refractivity contribution in [2.24, 2.45) is 7.05 Å². The second-order valence-corrected chi connectivity index (χ2v) is 6.29. The van der Waals surface area contributed by atoms with E-state index in [9.17, 15) is 4.79 Å². The highest BCUT2D eigenvalue weighted by Crippen LogP contribution is 2.31. The molecule has 6 heteroatoms. The number of aromatic nitrogens is 2. The SMILES string of the molecule is CC(C)Oc1nn(C)c2ccc(S[C@@H](C)C(=O)O)cc12. The van der Waals surface area contributed by atoms with Crippen molar-refractivity contribution in [3.8, 4) is 5.88 Å². The van der Waals surface area contributed by atoms with Crippen LogP contribution in [-0.4, -0.2) is 32.2 Å². The van der Waals surface area contributed by atoms with Gasteiger partial charge in [-0.05, 0) is 39.0 Å². The van der Waals surface area contributed by atoms with Gasteiger partial charge in [0.25, 0.3) is 0 Å². The monoisotopic (exact) mass is 294 g/mol. The van der Waals surface area contributed by atoms with Crippen LogP contribution in [0.2, 0.25) is 0 Å². The highest BCUT2D eigenvalue weighted by molar-refractivity contribution is 8.00. The van der Waals surface area contributed by atoms with Gasteiger partial charge in [0.05, 0.1) is 17.0 Å². The maximum Gasteiger partial charge on any atom is 0.316 e. The second kappa shape index (κ2) is 5.75. The van der Waals surface area contributed by atoms with E-state index in [1.165, 1.54) is 11.8 Å². The molecular formula is C14H18N2O3S. The summed E-state index contributed by atoms with van der Waals surface area (Å²) >= 11 is 1.31. The van der Waals surface area contributed by atoms with Crippen molar-refractivity contribution in [1.29, 1.82) is 0 Å². The van der Waals surface area contributed by atoms with Crippen molar-refractivity contribution in [1.82, 2.24) is 9.78 Å². The summed E-state index contributed by atoms with van der Waals surface area (Å²) in [5.74, 6) is -0.233. The minimum atomic E-state index is -0.820. The van der Waals surface area contributed by atoms with E-state index in [-0.39, 0.29) is 6.10 Å². The van der Waals surface area contributed by atoms with Crippen LogP contribution in [0.3, 0.4) is 0 Å². The van der Waals surface area contributed by atoms with Crippen molar-refractivity contribution in [3.63, 3.8) is 0 Å². The van der Waals surface area contributed by atoms with Crippen LogP contribution in [-0.2, 0) is 11.8 Å². The molecule has 0 spiro atoms. The van der Waals surface area contributed by atoms with Gasteiger partial charge in [0.2, 0.25) is 5.88 Å². The zero-order chi connectivity index (χ0) is 14.9. The number of thioether (sulfide) groups is 1. The number of aliphatic carboxylic acids is 1. The summed E-state index contributed by atoms with van der Waals surface area (Å²) < 4.78 is 7.46. The Morgan fingerprint density at radius 3 is 2.70 bits per heavy atom. The van der Waals surface area contributed by atoms with Crippen LogP contribution in [0.1, 0.15) is 20.8 Å². The number of fused-ring (bicyclic) bond motifs is 1. The molecule has 0 bridgehead atoms. The maximum atomic E-state index is 10.9. The zero-order valence-corrected chi connectivity index (χ0v) is 12.8. The number of rotatable bonds is 5. The molecule has 20 heavy (non-hydrogen) atoms. The van der Waals surface area contributed by atoms with Crippen LogP contribution in [0.5, 0.6) is 5.88 Å². The maximum absolute atomic E-state index is 10.9. The summed E-state index contributed by atoms with van der Waals surface area (Å²) in [7, 11) is 1.86. The van der Waals surface area contributed by atoms with Crippen LogP contribution in [0, 0.1) is 0 Å². The number of aryl methyl sites for hydroxylation is 1. The van der Waals surface area contributed by atoms with E-state index < -0.39 is 11.2 Å². The molecule has 0 aliphatic rings. The van der Waals surface area contributed by atoms with Crippen molar-refractivity contribution < 1.29 is 14.6 Å². The standard InChI is InChI=1S/C14H18N2O3S/c1-8(2)19-13-11-7-10(20-9(3)14(17)18)5-6-12(11)16(4)15-13/h5-9H,1-4H3,(H,17,18)/t9-/m0/s1. The van der Waals surface area contributed by atoms with Crippen molar-refractivity contribution in [3.05, 3.63) is 18.2 Å². The van der Waals surface area contributed by atoms with E-state index in [2.05, 4.69) is 5.10 Å². The average molecular weight is 294 g/mol. The Hall–Kier alpha value is -1.69. The Morgan fingerprint density at radius 2 is 2.10 bits per heavy atom. The highest BCUT2D eigenvalue weighted by Gasteiger charge is 2.15. The van der Waals surface area contributed by atoms with Crippen LogP contribution in [0.25, 0.3) is 10.9 Å². The number of hydrogen-bond donors (Lipinski definition) is 1. The van der Waals surface area contributed by atoms with E-state index >= 15 is 0 Å². The molecule has 0 fully saturated rings. The van der Waals surface area contributed by atoms with Crippen LogP contribution < -0.4 is 4.74 Å². The molecule has 0 saturated carbocycles. The van der Waals surface area contributed by atoms with Gasteiger partial charge in [-0.25, -0.2) is 0 Å². The molecule has 1 atom stereocenters. The molecule has 0 saturated heterocycles. The summed E-state index contributed by atoms with van der Waals surface area (Å²) in [6.07, 6.45) is 0.0438. The smallest absolute Gasteiger partial charge is 0.316 e. The first kappa shape index (κ1) is 14.7. The predicted molar refractivity (Wildman–Crippen MR) is 79.4 cm³/mol. The minimum Gasteiger partial charge on any atom is -0.480 e. The van der Waals surface area contributed by atoms with Gasteiger partial charge in [-0.2, -0.15) is 0 Å². The molecule has 1 N–H and O–H groups in total. The number of carboxylic acids is 1. The number of nitrogens with zero attached hydrogens (tertiary/aromatic N) is 2. The first-order chi connectivity index (χ1) is 9.38. The minimum absolute atomic E-state index is 0.0438.